The highest BCUT2D eigenvalue weighted by atomic mass is 35.5. The van der Waals surface area contributed by atoms with Crippen LogP contribution in [0.15, 0.2) is 12.1 Å². The Hall–Kier alpha value is -0.480. The second-order valence-electron chi connectivity index (χ2n) is 4.19. The van der Waals surface area contributed by atoms with Crippen LogP contribution in [0.4, 0.5) is 5.69 Å². The number of hydrogen-bond donors (Lipinski definition) is 2. The van der Waals surface area contributed by atoms with E-state index in [9.17, 15) is 5.11 Å². The third kappa shape index (κ3) is 1.78. The number of aliphatic hydroxyl groups is 1. The molecule has 1 atom stereocenters. The Morgan fingerprint density at radius 3 is 2.81 bits per heavy atom. The molecule has 0 aromatic heterocycles. The van der Waals surface area contributed by atoms with E-state index in [-0.39, 0.29) is 6.54 Å². The third-order valence-corrected chi connectivity index (χ3v) is 3.63. The molecule has 0 aliphatic carbocycles. The Bertz CT molecular complexity index is 425. The number of rotatable bonds is 1. The van der Waals surface area contributed by atoms with Crippen LogP contribution in [0.2, 0.25) is 10.0 Å². The zero-order valence-electron chi connectivity index (χ0n) is 9.00. The van der Waals surface area contributed by atoms with Crippen molar-refractivity contribution in [3.63, 3.8) is 0 Å². The van der Waals surface area contributed by atoms with Gasteiger partial charge in [0, 0.05) is 36.4 Å². The van der Waals surface area contributed by atoms with Gasteiger partial charge in [-0.1, -0.05) is 23.2 Å². The number of halogens is 2. The molecule has 88 valence electrons. The molecule has 0 saturated carbocycles. The Labute approximate surface area is 105 Å². The molecule has 16 heavy (non-hydrogen) atoms. The van der Waals surface area contributed by atoms with Crippen molar-refractivity contribution in [1.82, 2.24) is 0 Å². The summed E-state index contributed by atoms with van der Waals surface area (Å²) in [4.78, 5) is 2.03. The summed E-state index contributed by atoms with van der Waals surface area (Å²) in [7, 11) is 1.95. The average molecular weight is 261 g/mol. The lowest BCUT2D eigenvalue weighted by Gasteiger charge is -2.39. The molecule has 1 aromatic rings. The molecule has 0 amide bonds. The van der Waals surface area contributed by atoms with E-state index < -0.39 is 5.60 Å². The van der Waals surface area contributed by atoms with Crippen LogP contribution in [-0.2, 0) is 5.60 Å². The first-order chi connectivity index (χ1) is 7.48. The summed E-state index contributed by atoms with van der Waals surface area (Å²) in [6.07, 6.45) is 0.578. The summed E-state index contributed by atoms with van der Waals surface area (Å²) in [5.41, 5.74) is 6.15. The van der Waals surface area contributed by atoms with Crippen molar-refractivity contribution in [3.05, 3.63) is 27.7 Å². The molecule has 0 fully saturated rings. The maximum absolute atomic E-state index is 10.4. The van der Waals surface area contributed by atoms with Gasteiger partial charge in [-0.05, 0) is 18.6 Å². The zero-order chi connectivity index (χ0) is 11.9. The predicted molar refractivity (Wildman–Crippen MR) is 67.3 cm³/mol. The number of nitrogens with zero attached hydrogens (tertiary/aromatic N) is 1. The monoisotopic (exact) mass is 260 g/mol. The minimum Gasteiger partial charge on any atom is -0.384 e. The summed E-state index contributed by atoms with van der Waals surface area (Å²) in [5, 5.41) is 11.5. The highest BCUT2D eigenvalue weighted by molar-refractivity contribution is 6.35. The maximum atomic E-state index is 10.4. The van der Waals surface area contributed by atoms with Crippen molar-refractivity contribution >= 4 is 28.9 Å². The van der Waals surface area contributed by atoms with Crippen LogP contribution in [0, 0.1) is 0 Å². The molecule has 5 heteroatoms. The van der Waals surface area contributed by atoms with E-state index >= 15 is 0 Å². The van der Waals surface area contributed by atoms with E-state index in [1.807, 2.05) is 18.0 Å². The average Bonchev–Trinajstić information content (AvgIpc) is 2.23. The second kappa shape index (κ2) is 4.08. The third-order valence-electron chi connectivity index (χ3n) is 3.11. The Balaban J connectivity index is 2.66. The molecule has 0 radical (unpaired) electrons. The van der Waals surface area contributed by atoms with E-state index in [0.717, 1.165) is 12.2 Å². The van der Waals surface area contributed by atoms with Gasteiger partial charge in [0.05, 0.1) is 5.02 Å². The van der Waals surface area contributed by atoms with Gasteiger partial charge in [-0.25, -0.2) is 0 Å². The van der Waals surface area contributed by atoms with E-state index in [0.29, 0.717) is 22.0 Å². The van der Waals surface area contributed by atoms with E-state index in [2.05, 4.69) is 0 Å². The van der Waals surface area contributed by atoms with Crippen molar-refractivity contribution in [1.29, 1.82) is 0 Å². The summed E-state index contributed by atoms with van der Waals surface area (Å²) in [6, 6.07) is 3.45. The van der Waals surface area contributed by atoms with Crippen LogP contribution in [0.1, 0.15) is 12.0 Å². The molecule has 1 heterocycles. The van der Waals surface area contributed by atoms with Crippen LogP contribution >= 0.6 is 23.2 Å². The fourth-order valence-corrected chi connectivity index (χ4v) is 2.78. The summed E-state index contributed by atoms with van der Waals surface area (Å²) < 4.78 is 0. The standard InChI is InChI=1S/C11H14Cl2N2O/c1-15-3-2-11(16,6-14)10-8(13)4-7(12)5-9(10)15/h4-5,16H,2-3,6,14H2,1H3. The minimum absolute atomic E-state index is 0.162. The van der Waals surface area contributed by atoms with Crippen molar-refractivity contribution in [2.24, 2.45) is 5.73 Å². The van der Waals surface area contributed by atoms with Crippen LogP contribution in [-0.4, -0.2) is 25.2 Å². The first-order valence-corrected chi connectivity index (χ1v) is 5.86. The summed E-state index contributed by atoms with van der Waals surface area (Å²) >= 11 is 12.1. The fraction of sp³-hybridized carbons (Fsp3) is 0.455. The molecule has 1 aliphatic rings. The van der Waals surface area contributed by atoms with Crippen molar-refractivity contribution in [2.45, 2.75) is 12.0 Å². The summed E-state index contributed by atoms with van der Waals surface area (Å²) in [6.45, 7) is 0.895. The van der Waals surface area contributed by atoms with Gasteiger partial charge >= 0.3 is 0 Å². The first kappa shape index (κ1) is 12.0. The molecular formula is C11H14Cl2N2O. The Morgan fingerprint density at radius 2 is 2.19 bits per heavy atom. The van der Waals surface area contributed by atoms with Crippen LogP contribution in [0.25, 0.3) is 0 Å². The Kier molecular flexibility index (Phi) is 3.05. The van der Waals surface area contributed by atoms with E-state index in [1.54, 1.807) is 6.07 Å². The van der Waals surface area contributed by atoms with Gasteiger partial charge in [0.15, 0.2) is 0 Å². The van der Waals surface area contributed by atoms with Gasteiger partial charge in [-0.3, -0.25) is 0 Å². The largest absolute Gasteiger partial charge is 0.384 e. The van der Waals surface area contributed by atoms with Crippen LogP contribution in [0.3, 0.4) is 0 Å². The normalized spacial score (nSPS) is 24.4. The lowest BCUT2D eigenvalue weighted by Crippen LogP contribution is -2.43. The van der Waals surface area contributed by atoms with E-state index in [1.165, 1.54) is 0 Å². The van der Waals surface area contributed by atoms with Gasteiger partial charge in [0.1, 0.15) is 5.60 Å². The predicted octanol–water partition coefficient (Wildman–Crippen LogP) is 1.98. The first-order valence-electron chi connectivity index (χ1n) is 5.11. The van der Waals surface area contributed by atoms with Gasteiger partial charge in [-0.15, -0.1) is 0 Å². The zero-order valence-corrected chi connectivity index (χ0v) is 10.5. The lowest BCUT2D eigenvalue weighted by molar-refractivity contribution is 0.0352. The van der Waals surface area contributed by atoms with Crippen molar-refractivity contribution in [2.75, 3.05) is 25.0 Å². The van der Waals surface area contributed by atoms with Gasteiger partial charge in [-0.2, -0.15) is 0 Å². The molecule has 0 saturated heterocycles. The van der Waals surface area contributed by atoms with E-state index in [4.69, 9.17) is 28.9 Å². The molecule has 1 aromatic carbocycles. The second-order valence-corrected chi connectivity index (χ2v) is 5.03. The SMILES string of the molecule is CN1CCC(O)(CN)c2c(Cl)cc(Cl)cc21. The van der Waals surface area contributed by atoms with Crippen molar-refractivity contribution in [3.8, 4) is 0 Å². The highest BCUT2D eigenvalue weighted by Gasteiger charge is 2.37. The molecule has 3 nitrogen and oxygen atoms in total. The number of anilines is 1. The molecule has 1 unspecified atom stereocenters. The quantitative estimate of drug-likeness (QED) is 0.812. The fourth-order valence-electron chi connectivity index (χ4n) is 2.12. The number of benzene rings is 1. The molecular weight excluding hydrogens is 247 g/mol. The minimum atomic E-state index is -1.04. The highest BCUT2D eigenvalue weighted by Crippen LogP contribution is 2.43. The van der Waals surface area contributed by atoms with Crippen molar-refractivity contribution < 1.29 is 5.11 Å². The van der Waals surface area contributed by atoms with Crippen LogP contribution < -0.4 is 10.6 Å². The topological polar surface area (TPSA) is 49.5 Å². The molecule has 0 bridgehead atoms. The maximum Gasteiger partial charge on any atom is 0.107 e. The number of nitrogens with two attached hydrogens (primary N) is 1. The van der Waals surface area contributed by atoms with Gasteiger partial charge < -0.3 is 15.7 Å². The van der Waals surface area contributed by atoms with Crippen LogP contribution in [0.5, 0.6) is 0 Å². The molecule has 1 aliphatic heterocycles. The molecule has 0 spiro atoms. The molecule has 3 N–H and O–H groups in total. The molecule has 2 rings (SSSR count). The lowest BCUT2D eigenvalue weighted by atomic mass is 9.85. The Morgan fingerprint density at radius 1 is 1.50 bits per heavy atom. The number of hydrogen-bond acceptors (Lipinski definition) is 3. The smallest absolute Gasteiger partial charge is 0.107 e. The van der Waals surface area contributed by atoms with Gasteiger partial charge in [0.2, 0.25) is 0 Å². The summed E-state index contributed by atoms with van der Waals surface area (Å²) in [5.74, 6) is 0. The number of fused-ring (bicyclic) bond motifs is 1. The van der Waals surface area contributed by atoms with Gasteiger partial charge in [0.25, 0.3) is 0 Å².